The van der Waals surface area contributed by atoms with Gasteiger partial charge in [0.2, 0.25) is 0 Å². The van der Waals surface area contributed by atoms with Gasteiger partial charge in [-0.05, 0) is 38.3 Å². The normalized spacial score (nSPS) is 11.4. The minimum atomic E-state index is 0.646. The molecule has 1 rings (SSSR count). The van der Waals surface area contributed by atoms with E-state index in [2.05, 4.69) is 64.8 Å². The van der Waals surface area contributed by atoms with Crippen LogP contribution in [-0.4, -0.2) is 66.1 Å². The molecule has 0 bridgehead atoms. The lowest BCUT2D eigenvalue weighted by atomic mass is 10.2. The lowest BCUT2D eigenvalue weighted by Crippen LogP contribution is -2.38. The van der Waals surface area contributed by atoms with E-state index in [9.17, 15) is 0 Å². The molecule has 0 aliphatic rings. The Morgan fingerprint density at radius 3 is 2.58 bits per heavy atom. The summed E-state index contributed by atoms with van der Waals surface area (Å²) in [5.74, 6) is 0.890. The first kappa shape index (κ1) is 22.3. The molecule has 0 saturated carbocycles. The third-order valence-electron chi connectivity index (χ3n) is 3.90. The molecule has 0 aliphatic carbocycles. The molecule has 6 heteroatoms. The van der Waals surface area contributed by atoms with Crippen LogP contribution in [0.4, 0.5) is 5.69 Å². The highest BCUT2D eigenvalue weighted by Gasteiger charge is 2.00. The molecule has 0 atom stereocenters. The topological polar surface area (TPSA) is 58.1 Å². The average molecular weight is 365 g/mol. The maximum Gasteiger partial charge on any atom is 0.191 e. The van der Waals surface area contributed by atoms with Gasteiger partial charge >= 0.3 is 0 Å². The van der Waals surface area contributed by atoms with E-state index in [4.69, 9.17) is 9.47 Å². The molecule has 0 aromatic heterocycles. The highest BCUT2D eigenvalue weighted by atomic mass is 16.5. The second-order valence-electron chi connectivity index (χ2n) is 6.11. The summed E-state index contributed by atoms with van der Waals surface area (Å²) in [6, 6.07) is 10.5. The molecule has 0 aliphatic heterocycles. The number of unbranched alkanes of at least 4 members (excludes halogenated alkanes) is 1. The predicted octanol–water partition coefficient (Wildman–Crippen LogP) is 2.51. The van der Waals surface area contributed by atoms with Crippen molar-refractivity contribution in [1.82, 2.24) is 10.6 Å². The average Bonchev–Trinajstić information content (AvgIpc) is 2.67. The van der Waals surface area contributed by atoms with Gasteiger partial charge in [0.1, 0.15) is 0 Å². The highest BCUT2D eigenvalue weighted by Crippen LogP contribution is 2.11. The summed E-state index contributed by atoms with van der Waals surface area (Å²) in [6.45, 7) is 7.71. The molecule has 0 unspecified atom stereocenters. The summed E-state index contributed by atoms with van der Waals surface area (Å²) in [4.78, 5) is 6.88. The Bertz CT molecular complexity index is 468. The number of anilines is 1. The van der Waals surface area contributed by atoms with Crippen molar-refractivity contribution in [3.8, 4) is 0 Å². The van der Waals surface area contributed by atoms with Crippen LogP contribution >= 0.6 is 0 Å². The second kappa shape index (κ2) is 15.5. The number of benzene rings is 1. The lowest BCUT2D eigenvalue weighted by Gasteiger charge is -2.19. The van der Waals surface area contributed by atoms with E-state index in [1.54, 1.807) is 7.11 Å². The Hall–Kier alpha value is -1.79. The zero-order valence-electron chi connectivity index (χ0n) is 16.7. The zero-order valence-corrected chi connectivity index (χ0v) is 16.7. The zero-order chi connectivity index (χ0) is 18.9. The minimum absolute atomic E-state index is 0.646. The number of hydrogen-bond acceptors (Lipinski definition) is 4. The molecule has 0 heterocycles. The summed E-state index contributed by atoms with van der Waals surface area (Å²) in [5.41, 5.74) is 1.27. The molecule has 148 valence electrons. The van der Waals surface area contributed by atoms with Crippen LogP contribution in [0.3, 0.4) is 0 Å². The SMILES string of the molecule is CCNC(=NCCCOCCOC)NCCCCN(C)c1ccccc1. The molecule has 0 saturated heterocycles. The molecule has 6 nitrogen and oxygen atoms in total. The van der Waals surface area contributed by atoms with E-state index in [1.165, 1.54) is 5.69 Å². The summed E-state index contributed by atoms with van der Waals surface area (Å²) >= 11 is 0. The van der Waals surface area contributed by atoms with Crippen LogP contribution in [0.25, 0.3) is 0 Å². The molecule has 0 radical (unpaired) electrons. The molecule has 0 fully saturated rings. The van der Waals surface area contributed by atoms with Crippen molar-refractivity contribution in [2.75, 3.05) is 65.1 Å². The molecule has 0 spiro atoms. The van der Waals surface area contributed by atoms with E-state index in [0.29, 0.717) is 13.2 Å². The van der Waals surface area contributed by atoms with Crippen LogP contribution in [0.5, 0.6) is 0 Å². The molecular formula is C20H36N4O2. The van der Waals surface area contributed by atoms with E-state index < -0.39 is 0 Å². The number of methoxy groups -OCH3 is 1. The third-order valence-corrected chi connectivity index (χ3v) is 3.90. The molecule has 2 N–H and O–H groups in total. The van der Waals surface area contributed by atoms with Gasteiger partial charge in [-0.15, -0.1) is 0 Å². The number of guanidine groups is 1. The molecular weight excluding hydrogens is 328 g/mol. The number of hydrogen-bond donors (Lipinski definition) is 2. The van der Waals surface area contributed by atoms with Gasteiger partial charge in [-0.25, -0.2) is 0 Å². The van der Waals surface area contributed by atoms with Gasteiger partial charge in [0, 0.05) is 52.6 Å². The summed E-state index contributed by atoms with van der Waals surface area (Å²) in [5, 5.41) is 6.69. The minimum Gasteiger partial charge on any atom is -0.382 e. The van der Waals surface area contributed by atoms with Crippen LogP contribution < -0.4 is 15.5 Å². The summed E-state index contributed by atoms with van der Waals surface area (Å²) < 4.78 is 10.4. The number of nitrogens with zero attached hydrogens (tertiary/aromatic N) is 2. The molecule has 0 amide bonds. The third kappa shape index (κ3) is 10.9. The number of aliphatic imine (C=N–C) groups is 1. The predicted molar refractivity (Wildman–Crippen MR) is 110 cm³/mol. The Morgan fingerprint density at radius 1 is 1.04 bits per heavy atom. The Morgan fingerprint density at radius 2 is 1.85 bits per heavy atom. The van der Waals surface area contributed by atoms with Crippen molar-refractivity contribution in [3.05, 3.63) is 30.3 Å². The highest BCUT2D eigenvalue weighted by molar-refractivity contribution is 5.79. The van der Waals surface area contributed by atoms with Gasteiger partial charge < -0.3 is 25.0 Å². The Kier molecular flexibility index (Phi) is 13.2. The number of para-hydroxylation sites is 1. The Balaban J connectivity index is 2.13. The van der Waals surface area contributed by atoms with E-state index in [0.717, 1.165) is 58.0 Å². The largest absolute Gasteiger partial charge is 0.382 e. The van der Waals surface area contributed by atoms with E-state index in [-0.39, 0.29) is 0 Å². The smallest absolute Gasteiger partial charge is 0.191 e. The lowest BCUT2D eigenvalue weighted by molar-refractivity contribution is 0.0702. The first-order valence-electron chi connectivity index (χ1n) is 9.63. The maximum absolute atomic E-state index is 5.45. The second-order valence-corrected chi connectivity index (χ2v) is 6.11. The molecule has 1 aromatic carbocycles. The van der Waals surface area contributed by atoms with Gasteiger partial charge in [-0.1, -0.05) is 18.2 Å². The fourth-order valence-electron chi connectivity index (χ4n) is 2.44. The van der Waals surface area contributed by atoms with Crippen LogP contribution in [0.15, 0.2) is 35.3 Å². The van der Waals surface area contributed by atoms with Crippen LogP contribution in [0, 0.1) is 0 Å². The Labute approximate surface area is 159 Å². The monoisotopic (exact) mass is 364 g/mol. The van der Waals surface area contributed by atoms with Crippen molar-refractivity contribution in [3.63, 3.8) is 0 Å². The fourth-order valence-corrected chi connectivity index (χ4v) is 2.44. The van der Waals surface area contributed by atoms with Crippen LogP contribution in [0.2, 0.25) is 0 Å². The van der Waals surface area contributed by atoms with Crippen LogP contribution in [0.1, 0.15) is 26.2 Å². The van der Waals surface area contributed by atoms with Crippen molar-refractivity contribution >= 4 is 11.6 Å². The van der Waals surface area contributed by atoms with Crippen molar-refractivity contribution in [2.24, 2.45) is 4.99 Å². The number of ether oxygens (including phenoxy) is 2. The standard InChI is InChI=1S/C20H36N4O2/c1-4-21-20(23-14-10-16-26-18-17-25-3)22-13-8-9-15-24(2)19-11-6-5-7-12-19/h5-7,11-12H,4,8-10,13-18H2,1-3H3,(H2,21,22,23). The van der Waals surface area contributed by atoms with Crippen molar-refractivity contribution in [1.29, 1.82) is 0 Å². The number of nitrogens with one attached hydrogen (secondary N) is 2. The van der Waals surface area contributed by atoms with Gasteiger partial charge in [0.05, 0.1) is 13.2 Å². The van der Waals surface area contributed by atoms with E-state index >= 15 is 0 Å². The quantitative estimate of drug-likeness (QED) is 0.302. The van der Waals surface area contributed by atoms with Crippen molar-refractivity contribution in [2.45, 2.75) is 26.2 Å². The van der Waals surface area contributed by atoms with Crippen molar-refractivity contribution < 1.29 is 9.47 Å². The molecule has 1 aromatic rings. The summed E-state index contributed by atoms with van der Waals surface area (Å²) in [6.07, 6.45) is 3.18. The fraction of sp³-hybridized carbons (Fsp3) is 0.650. The van der Waals surface area contributed by atoms with E-state index in [1.807, 2.05) is 0 Å². The van der Waals surface area contributed by atoms with Gasteiger partial charge in [0.25, 0.3) is 0 Å². The van der Waals surface area contributed by atoms with Gasteiger partial charge in [-0.2, -0.15) is 0 Å². The maximum atomic E-state index is 5.45. The van der Waals surface area contributed by atoms with Gasteiger partial charge in [0.15, 0.2) is 5.96 Å². The number of rotatable bonds is 14. The first-order chi connectivity index (χ1) is 12.8. The molecule has 26 heavy (non-hydrogen) atoms. The first-order valence-corrected chi connectivity index (χ1v) is 9.63. The van der Waals surface area contributed by atoms with Crippen LogP contribution in [-0.2, 0) is 9.47 Å². The summed E-state index contributed by atoms with van der Waals surface area (Å²) in [7, 11) is 3.82. The van der Waals surface area contributed by atoms with Gasteiger partial charge in [-0.3, -0.25) is 4.99 Å².